The number of hydrogen-bond donors (Lipinski definition) is 2. The maximum absolute atomic E-state index is 13.6. The predicted molar refractivity (Wildman–Crippen MR) is 105 cm³/mol. The first-order valence-corrected chi connectivity index (χ1v) is 8.99. The van der Waals surface area contributed by atoms with Crippen LogP contribution >= 0.6 is 0 Å². The van der Waals surface area contributed by atoms with Gasteiger partial charge < -0.3 is 15.7 Å². The molecule has 0 aliphatic carbocycles. The fraction of sp³-hybridized carbons (Fsp3) is 0.350. The molecular formula is C20H23F2N5O. The number of halogens is 2. The quantitative estimate of drug-likeness (QED) is 0.788. The molecule has 148 valence electrons. The van der Waals surface area contributed by atoms with E-state index in [1.807, 2.05) is 4.90 Å². The number of allylic oxidation sites excluding steroid dienone is 2. The Balaban J connectivity index is 1.79. The summed E-state index contributed by atoms with van der Waals surface area (Å²) < 4.78 is 26.7. The van der Waals surface area contributed by atoms with Crippen molar-refractivity contribution in [3.63, 3.8) is 0 Å². The molecular weight excluding hydrogens is 364 g/mol. The Morgan fingerprint density at radius 2 is 1.96 bits per heavy atom. The van der Waals surface area contributed by atoms with Crippen LogP contribution in [0.1, 0.15) is 31.2 Å². The molecule has 1 saturated heterocycles. The molecule has 8 heteroatoms. The molecule has 1 aromatic carbocycles. The van der Waals surface area contributed by atoms with E-state index >= 15 is 0 Å². The summed E-state index contributed by atoms with van der Waals surface area (Å²) >= 11 is 0. The van der Waals surface area contributed by atoms with E-state index in [9.17, 15) is 13.9 Å². The highest BCUT2D eigenvalue weighted by molar-refractivity contribution is 6.09. The van der Waals surface area contributed by atoms with E-state index in [2.05, 4.69) is 15.0 Å². The van der Waals surface area contributed by atoms with Gasteiger partial charge in [0.25, 0.3) is 0 Å². The van der Waals surface area contributed by atoms with Crippen LogP contribution < -0.4 is 10.6 Å². The SMILES string of the molecule is CN=C/C(=C(/C)N)c1nccc(N2CCC(O)(c3ccc(F)c(F)c3)CC2)n1. The Morgan fingerprint density at radius 3 is 2.57 bits per heavy atom. The van der Waals surface area contributed by atoms with Crippen LogP contribution in [0.2, 0.25) is 0 Å². The van der Waals surface area contributed by atoms with E-state index in [1.54, 1.807) is 32.4 Å². The lowest BCUT2D eigenvalue weighted by Crippen LogP contribution is -2.43. The lowest BCUT2D eigenvalue weighted by atomic mass is 9.84. The summed E-state index contributed by atoms with van der Waals surface area (Å²) in [7, 11) is 1.65. The van der Waals surface area contributed by atoms with Crippen molar-refractivity contribution < 1.29 is 13.9 Å². The minimum Gasteiger partial charge on any atom is -0.402 e. The third-order valence-corrected chi connectivity index (χ3v) is 4.94. The number of nitrogens with two attached hydrogens (primary N) is 1. The Labute approximate surface area is 162 Å². The van der Waals surface area contributed by atoms with Crippen LogP contribution in [0.5, 0.6) is 0 Å². The third kappa shape index (κ3) is 4.01. The monoisotopic (exact) mass is 387 g/mol. The summed E-state index contributed by atoms with van der Waals surface area (Å²) in [5.41, 5.74) is 6.31. The van der Waals surface area contributed by atoms with Crippen molar-refractivity contribution >= 4 is 17.6 Å². The first-order chi connectivity index (χ1) is 13.3. The standard InChI is InChI=1S/C20H23F2N5O/c1-13(23)15(12-24-2)19-25-8-5-18(26-19)27-9-6-20(28,7-10-27)14-3-4-16(21)17(22)11-14/h3-5,8,11-12,28H,6-7,9-10,23H2,1-2H3/b15-13+,24-12?. The molecule has 0 spiro atoms. The fourth-order valence-corrected chi connectivity index (χ4v) is 3.30. The van der Waals surface area contributed by atoms with Crippen molar-refractivity contribution in [1.82, 2.24) is 9.97 Å². The molecule has 0 amide bonds. The fourth-order valence-electron chi connectivity index (χ4n) is 3.30. The van der Waals surface area contributed by atoms with Crippen molar-refractivity contribution in [3.05, 3.63) is 59.2 Å². The van der Waals surface area contributed by atoms with Crippen LogP contribution in [0.4, 0.5) is 14.6 Å². The van der Waals surface area contributed by atoms with Gasteiger partial charge in [-0.2, -0.15) is 0 Å². The second kappa shape index (κ2) is 8.02. The van der Waals surface area contributed by atoms with Crippen molar-refractivity contribution in [2.75, 3.05) is 25.0 Å². The molecule has 2 heterocycles. The van der Waals surface area contributed by atoms with Crippen molar-refractivity contribution in [2.45, 2.75) is 25.4 Å². The Morgan fingerprint density at radius 1 is 1.25 bits per heavy atom. The molecule has 3 rings (SSSR count). The van der Waals surface area contributed by atoms with Gasteiger partial charge in [-0.05, 0) is 43.5 Å². The maximum Gasteiger partial charge on any atom is 0.164 e. The smallest absolute Gasteiger partial charge is 0.164 e. The van der Waals surface area contributed by atoms with Gasteiger partial charge in [-0.1, -0.05) is 6.07 Å². The largest absolute Gasteiger partial charge is 0.402 e. The Kier molecular flexibility index (Phi) is 5.69. The minimum atomic E-state index is -1.20. The maximum atomic E-state index is 13.6. The third-order valence-electron chi connectivity index (χ3n) is 4.94. The van der Waals surface area contributed by atoms with Crippen LogP contribution in [0.25, 0.3) is 5.57 Å². The highest BCUT2D eigenvalue weighted by Gasteiger charge is 2.35. The van der Waals surface area contributed by atoms with Crippen molar-refractivity contribution in [3.8, 4) is 0 Å². The van der Waals surface area contributed by atoms with Crippen molar-refractivity contribution in [2.24, 2.45) is 10.7 Å². The van der Waals surface area contributed by atoms with Gasteiger partial charge >= 0.3 is 0 Å². The number of aliphatic hydroxyl groups is 1. The lowest BCUT2D eigenvalue weighted by Gasteiger charge is -2.39. The number of aromatic nitrogens is 2. The highest BCUT2D eigenvalue weighted by Crippen LogP contribution is 2.34. The molecule has 3 N–H and O–H groups in total. The van der Waals surface area contributed by atoms with Gasteiger partial charge in [-0.15, -0.1) is 0 Å². The summed E-state index contributed by atoms with van der Waals surface area (Å²) in [6.07, 6.45) is 4.01. The number of rotatable bonds is 4. The molecule has 28 heavy (non-hydrogen) atoms. The number of nitrogens with zero attached hydrogens (tertiary/aromatic N) is 4. The first kappa shape index (κ1) is 19.9. The van der Waals surface area contributed by atoms with Crippen LogP contribution in [0.15, 0.2) is 41.2 Å². The number of anilines is 1. The van der Waals surface area contributed by atoms with E-state index < -0.39 is 17.2 Å². The molecule has 1 aliphatic rings. The molecule has 1 aliphatic heterocycles. The number of aliphatic imine (C=N–C) groups is 1. The number of benzene rings is 1. The topological polar surface area (TPSA) is 87.6 Å². The minimum absolute atomic E-state index is 0.367. The molecule has 1 aromatic heterocycles. The highest BCUT2D eigenvalue weighted by atomic mass is 19.2. The molecule has 0 saturated carbocycles. The Hall–Kier alpha value is -2.87. The van der Waals surface area contributed by atoms with Gasteiger partial charge in [0.05, 0.1) is 11.2 Å². The van der Waals surface area contributed by atoms with Gasteiger partial charge in [0.1, 0.15) is 5.82 Å². The zero-order chi connectivity index (χ0) is 20.3. The number of piperidine rings is 1. The van der Waals surface area contributed by atoms with E-state index in [4.69, 9.17) is 5.73 Å². The van der Waals surface area contributed by atoms with E-state index in [1.165, 1.54) is 6.07 Å². The van der Waals surface area contributed by atoms with E-state index in [-0.39, 0.29) is 0 Å². The van der Waals surface area contributed by atoms with Gasteiger partial charge in [0.15, 0.2) is 17.5 Å². The summed E-state index contributed by atoms with van der Waals surface area (Å²) in [5.74, 6) is -0.694. The predicted octanol–water partition coefficient (Wildman–Crippen LogP) is 2.63. The van der Waals surface area contributed by atoms with Gasteiger partial charge in [0.2, 0.25) is 0 Å². The molecule has 0 bridgehead atoms. The second-order valence-electron chi connectivity index (χ2n) is 6.87. The molecule has 1 fully saturated rings. The zero-order valence-electron chi connectivity index (χ0n) is 15.9. The van der Waals surface area contributed by atoms with Gasteiger partial charge in [-0.25, -0.2) is 18.7 Å². The number of hydrogen-bond acceptors (Lipinski definition) is 6. The van der Waals surface area contributed by atoms with Crippen LogP contribution in [0.3, 0.4) is 0 Å². The second-order valence-corrected chi connectivity index (χ2v) is 6.87. The zero-order valence-corrected chi connectivity index (χ0v) is 15.9. The molecule has 6 nitrogen and oxygen atoms in total. The lowest BCUT2D eigenvalue weighted by molar-refractivity contribution is 0.0113. The van der Waals surface area contributed by atoms with Crippen LogP contribution in [-0.2, 0) is 5.60 Å². The van der Waals surface area contributed by atoms with Gasteiger partial charge in [-0.3, -0.25) is 4.99 Å². The van der Waals surface area contributed by atoms with E-state index in [0.29, 0.717) is 54.4 Å². The van der Waals surface area contributed by atoms with E-state index in [0.717, 1.165) is 12.1 Å². The van der Waals surface area contributed by atoms with Crippen LogP contribution in [0, 0.1) is 11.6 Å². The van der Waals surface area contributed by atoms with Gasteiger partial charge in [0, 0.05) is 38.2 Å². The molecule has 0 radical (unpaired) electrons. The average molecular weight is 387 g/mol. The molecule has 0 atom stereocenters. The summed E-state index contributed by atoms with van der Waals surface area (Å²) in [6, 6.07) is 5.34. The average Bonchev–Trinajstić information content (AvgIpc) is 2.68. The van der Waals surface area contributed by atoms with Crippen molar-refractivity contribution in [1.29, 1.82) is 0 Å². The summed E-state index contributed by atoms with van der Waals surface area (Å²) in [6.45, 7) is 2.78. The Bertz CT molecular complexity index is 917. The molecule has 2 aromatic rings. The molecule has 0 unspecified atom stereocenters. The van der Waals surface area contributed by atoms with Crippen LogP contribution in [-0.4, -0.2) is 41.4 Å². The normalized spacial score (nSPS) is 17.7. The summed E-state index contributed by atoms with van der Waals surface area (Å²) in [5, 5.41) is 10.9. The summed E-state index contributed by atoms with van der Waals surface area (Å²) in [4.78, 5) is 14.9. The first-order valence-electron chi connectivity index (χ1n) is 8.99.